The van der Waals surface area contributed by atoms with Crippen molar-refractivity contribution in [3.8, 4) is 0 Å². The molecule has 10 nitrogen and oxygen atoms in total. The third-order valence-electron chi connectivity index (χ3n) is 5.64. The lowest BCUT2D eigenvalue weighted by Crippen LogP contribution is -2.42. The highest BCUT2D eigenvalue weighted by molar-refractivity contribution is 7.88. The lowest BCUT2D eigenvalue weighted by atomic mass is 10.1. The Hall–Kier alpha value is -1.98. The molecule has 2 aromatic rings. The van der Waals surface area contributed by atoms with Crippen LogP contribution in [0, 0.1) is 0 Å². The van der Waals surface area contributed by atoms with Crippen LogP contribution >= 0.6 is 0 Å². The van der Waals surface area contributed by atoms with E-state index in [9.17, 15) is 13.2 Å². The molecule has 0 radical (unpaired) electrons. The van der Waals surface area contributed by atoms with Crippen LogP contribution in [0.15, 0.2) is 11.0 Å². The number of hydrogen-bond acceptors (Lipinski definition) is 7. The zero-order chi connectivity index (χ0) is 19.9. The van der Waals surface area contributed by atoms with Crippen molar-refractivity contribution in [3.05, 3.63) is 16.7 Å². The van der Waals surface area contributed by atoms with Crippen LogP contribution in [-0.2, 0) is 21.8 Å². The van der Waals surface area contributed by atoms with Crippen LogP contribution in [-0.4, -0.2) is 70.4 Å². The van der Waals surface area contributed by atoms with Gasteiger partial charge in [-0.1, -0.05) is 0 Å². The molecule has 2 saturated heterocycles. The molecule has 0 aromatic carbocycles. The van der Waals surface area contributed by atoms with E-state index in [-0.39, 0.29) is 17.8 Å². The Labute approximate surface area is 163 Å². The molecule has 2 aliphatic heterocycles. The first-order valence-electron chi connectivity index (χ1n) is 9.58. The second-order valence-corrected chi connectivity index (χ2v) is 9.52. The van der Waals surface area contributed by atoms with Crippen molar-refractivity contribution >= 4 is 27.1 Å². The number of anilines is 1. The van der Waals surface area contributed by atoms with Gasteiger partial charge in [0, 0.05) is 45.4 Å². The number of fused-ring (bicyclic) bond motifs is 1. The summed E-state index contributed by atoms with van der Waals surface area (Å²) in [7, 11) is -1.41. The van der Waals surface area contributed by atoms with Gasteiger partial charge in [0.2, 0.25) is 16.0 Å². The van der Waals surface area contributed by atoms with Crippen molar-refractivity contribution in [3.63, 3.8) is 0 Å². The van der Waals surface area contributed by atoms with E-state index in [2.05, 4.69) is 15.3 Å². The zero-order valence-electron chi connectivity index (χ0n) is 16.2. The van der Waals surface area contributed by atoms with Gasteiger partial charge in [0.25, 0.3) is 0 Å². The Morgan fingerprint density at radius 1 is 1.18 bits per heavy atom. The SMILES string of the molecule is Cn1c(=O)n(C2CCOCC2)c2nc(NC3CCN(S(C)(=O)=O)CC3)ncc21. The van der Waals surface area contributed by atoms with E-state index in [0.29, 0.717) is 56.3 Å². The number of nitrogens with one attached hydrogen (secondary N) is 1. The summed E-state index contributed by atoms with van der Waals surface area (Å²) < 4.78 is 33.6. The molecular weight excluding hydrogens is 384 g/mol. The molecule has 0 unspecified atom stereocenters. The largest absolute Gasteiger partial charge is 0.381 e. The first-order valence-corrected chi connectivity index (χ1v) is 11.4. The van der Waals surface area contributed by atoms with Crippen LogP contribution in [0.4, 0.5) is 5.95 Å². The van der Waals surface area contributed by atoms with Gasteiger partial charge in [-0.05, 0) is 25.7 Å². The zero-order valence-corrected chi connectivity index (χ0v) is 17.0. The Morgan fingerprint density at radius 3 is 2.50 bits per heavy atom. The predicted octanol–water partition coefficient (Wildman–Crippen LogP) is 0.317. The number of nitrogens with zero attached hydrogens (tertiary/aromatic N) is 5. The second kappa shape index (κ2) is 7.45. The fourth-order valence-electron chi connectivity index (χ4n) is 3.99. The quantitative estimate of drug-likeness (QED) is 0.772. The van der Waals surface area contributed by atoms with Crippen LogP contribution in [0.2, 0.25) is 0 Å². The second-order valence-electron chi connectivity index (χ2n) is 7.54. The van der Waals surface area contributed by atoms with Crippen molar-refractivity contribution in [1.82, 2.24) is 23.4 Å². The summed E-state index contributed by atoms with van der Waals surface area (Å²) in [5.74, 6) is 0.469. The van der Waals surface area contributed by atoms with E-state index in [1.165, 1.54) is 10.6 Å². The molecule has 0 spiro atoms. The maximum Gasteiger partial charge on any atom is 0.330 e. The average Bonchev–Trinajstić information content (AvgIpc) is 2.92. The summed E-state index contributed by atoms with van der Waals surface area (Å²) in [6, 6.07) is 0.174. The number of sulfonamides is 1. The van der Waals surface area contributed by atoms with Crippen molar-refractivity contribution in [2.24, 2.45) is 7.05 Å². The summed E-state index contributed by atoms with van der Waals surface area (Å²) >= 11 is 0. The molecule has 0 saturated carbocycles. The van der Waals surface area contributed by atoms with Crippen LogP contribution in [0.1, 0.15) is 31.7 Å². The van der Waals surface area contributed by atoms with Crippen molar-refractivity contribution < 1.29 is 13.2 Å². The first-order chi connectivity index (χ1) is 13.3. The van der Waals surface area contributed by atoms with Gasteiger partial charge in [-0.2, -0.15) is 4.98 Å². The minimum atomic E-state index is -3.15. The van der Waals surface area contributed by atoms with E-state index in [1.54, 1.807) is 22.4 Å². The number of imidazole rings is 1. The summed E-state index contributed by atoms with van der Waals surface area (Å²) in [5, 5.41) is 3.31. The predicted molar refractivity (Wildman–Crippen MR) is 105 cm³/mol. The van der Waals surface area contributed by atoms with Gasteiger partial charge >= 0.3 is 5.69 Å². The van der Waals surface area contributed by atoms with Crippen LogP contribution in [0.3, 0.4) is 0 Å². The number of rotatable bonds is 4. The Morgan fingerprint density at radius 2 is 1.86 bits per heavy atom. The smallest absolute Gasteiger partial charge is 0.330 e. The molecule has 0 bridgehead atoms. The minimum Gasteiger partial charge on any atom is -0.381 e. The van der Waals surface area contributed by atoms with Crippen molar-refractivity contribution in [2.45, 2.75) is 37.8 Å². The molecule has 0 atom stereocenters. The average molecular weight is 411 g/mol. The Bertz CT molecular complexity index is 1020. The maximum absolute atomic E-state index is 12.8. The highest BCUT2D eigenvalue weighted by atomic mass is 32.2. The van der Waals surface area contributed by atoms with Gasteiger partial charge in [0.05, 0.1) is 12.5 Å². The van der Waals surface area contributed by atoms with Gasteiger partial charge in [0.1, 0.15) is 5.52 Å². The van der Waals surface area contributed by atoms with Crippen molar-refractivity contribution in [2.75, 3.05) is 37.9 Å². The van der Waals surface area contributed by atoms with Gasteiger partial charge in [0.15, 0.2) is 5.65 Å². The van der Waals surface area contributed by atoms with Gasteiger partial charge in [-0.3, -0.25) is 9.13 Å². The lowest BCUT2D eigenvalue weighted by molar-refractivity contribution is 0.0695. The highest BCUT2D eigenvalue weighted by Crippen LogP contribution is 2.24. The highest BCUT2D eigenvalue weighted by Gasteiger charge is 2.26. The molecular formula is C17H26N6O4S. The minimum absolute atomic E-state index is 0.0747. The summed E-state index contributed by atoms with van der Waals surface area (Å²) in [6.45, 7) is 2.25. The molecule has 4 heterocycles. The summed E-state index contributed by atoms with van der Waals surface area (Å²) in [6.07, 6.45) is 5.87. The van der Waals surface area contributed by atoms with Crippen molar-refractivity contribution in [1.29, 1.82) is 0 Å². The van der Waals surface area contributed by atoms with Crippen LogP contribution in [0.5, 0.6) is 0 Å². The van der Waals surface area contributed by atoms with E-state index < -0.39 is 10.0 Å². The number of aromatic nitrogens is 4. The molecule has 154 valence electrons. The molecule has 0 aliphatic carbocycles. The Balaban J connectivity index is 1.57. The number of piperidine rings is 1. The van der Waals surface area contributed by atoms with E-state index in [0.717, 1.165) is 12.8 Å². The fourth-order valence-corrected chi connectivity index (χ4v) is 4.87. The topological polar surface area (TPSA) is 111 Å². The molecule has 2 aliphatic rings. The first kappa shape index (κ1) is 19.3. The third kappa shape index (κ3) is 3.65. The third-order valence-corrected chi connectivity index (χ3v) is 6.95. The monoisotopic (exact) mass is 410 g/mol. The van der Waals surface area contributed by atoms with E-state index >= 15 is 0 Å². The molecule has 11 heteroatoms. The van der Waals surface area contributed by atoms with Gasteiger partial charge in [-0.15, -0.1) is 0 Å². The lowest BCUT2D eigenvalue weighted by Gasteiger charge is -2.30. The summed E-state index contributed by atoms with van der Waals surface area (Å²) in [5.41, 5.74) is 1.24. The van der Waals surface area contributed by atoms with E-state index in [1.807, 2.05) is 0 Å². The standard InChI is InChI=1S/C17H26N6O4S/c1-21-14-11-18-16(19-12-3-7-22(8-4-12)28(2,25)26)20-15(14)23(17(21)24)13-5-9-27-10-6-13/h11-13H,3-10H2,1-2H3,(H,18,19,20). The van der Waals surface area contributed by atoms with Gasteiger partial charge in [-0.25, -0.2) is 22.5 Å². The Kier molecular flexibility index (Phi) is 5.15. The maximum atomic E-state index is 12.8. The molecule has 1 N–H and O–H groups in total. The number of ether oxygens (including phenoxy) is 1. The molecule has 2 fully saturated rings. The van der Waals surface area contributed by atoms with Gasteiger partial charge < -0.3 is 10.1 Å². The molecule has 28 heavy (non-hydrogen) atoms. The molecule has 0 amide bonds. The molecule has 4 rings (SSSR count). The van der Waals surface area contributed by atoms with E-state index in [4.69, 9.17) is 4.74 Å². The number of aryl methyl sites for hydroxylation is 1. The summed E-state index contributed by atoms with van der Waals surface area (Å²) in [4.78, 5) is 21.8. The molecule has 2 aromatic heterocycles. The van der Waals surface area contributed by atoms with Crippen LogP contribution < -0.4 is 11.0 Å². The number of hydrogen-bond donors (Lipinski definition) is 1. The normalized spacial score (nSPS) is 20.6. The fraction of sp³-hybridized carbons (Fsp3) is 0.706. The van der Waals surface area contributed by atoms with Crippen LogP contribution in [0.25, 0.3) is 11.2 Å².